The first-order valence-electron chi connectivity index (χ1n) is 6.05. The van der Waals surface area contributed by atoms with E-state index in [2.05, 4.69) is 10.3 Å². The third-order valence-corrected chi connectivity index (χ3v) is 2.54. The fourth-order valence-corrected chi connectivity index (χ4v) is 1.56. The maximum atomic E-state index is 11.4. The summed E-state index contributed by atoms with van der Waals surface area (Å²) in [6.07, 6.45) is 1.24. The maximum Gasteiger partial charge on any atom is 0.360 e. The summed E-state index contributed by atoms with van der Waals surface area (Å²) in [5.74, 6) is -0.804. The molecule has 1 aromatic rings. The number of rotatable bonds is 6. The monoisotopic (exact) mass is 269 g/mol. The molecule has 1 aromatic heterocycles. The highest BCUT2D eigenvalue weighted by Gasteiger charge is 2.19. The average Bonchev–Trinajstić information content (AvgIpc) is 2.87. The van der Waals surface area contributed by atoms with Crippen molar-refractivity contribution in [2.45, 2.75) is 13.8 Å². The molecule has 19 heavy (non-hydrogen) atoms. The summed E-state index contributed by atoms with van der Waals surface area (Å²) in [5, 5.41) is 2.57. The molecule has 1 unspecified atom stereocenters. The quantitative estimate of drug-likeness (QED) is 0.764. The number of nitrogens with zero attached hydrogens (tertiary/aromatic N) is 2. The molecule has 0 saturated carbocycles. The van der Waals surface area contributed by atoms with E-state index in [1.807, 2.05) is 0 Å². The molecule has 0 radical (unpaired) electrons. The van der Waals surface area contributed by atoms with Crippen LogP contribution in [0.1, 0.15) is 24.3 Å². The van der Waals surface area contributed by atoms with Gasteiger partial charge < -0.3 is 19.4 Å². The smallest absolute Gasteiger partial charge is 0.360 e. The van der Waals surface area contributed by atoms with Crippen LogP contribution in [0.4, 0.5) is 6.01 Å². The first-order valence-corrected chi connectivity index (χ1v) is 6.05. The Balaban J connectivity index is 2.65. The number of aromatic nitrogens is 1. The van der Waals surface area contributed by atoms with E-state index in [1.165, 1.54) is 6.26 Å². The molecule has 1 atom stereocenters. The van der Waals surface area contributed by atoms with E-state index in [9.17, 15) is 9.59 Å². The maximum absolute atomic E-state index is 11.4. The molecular weight excluding hydrogens is 250 g/mol. The van der Waals surface area contributed by atoms with Crippen LogP contribution in [0.2, 0.25) is 0 Å². The molecule has 0 aliphatic heterocycles. The van der Waals surface area contributed by atoms with E-state index in [0.717, 1.165) is 0 Å². The molecule has 106 valence electrons. The lowest BCUT2D eigenvalue weighted by atomic mass is 10.1. The highest BCUT2D eigenvalue weighted by atomic mass is 16.5. The van der Waals surface area contributed by atoms with Gasteiger partial charge in [0.1, 0.15) is 6.26 Å². The van der Waals surface area contributed by atoms with Gasteiger partial charge in [-0.1, -0.05) is 6.92 Å². The second-order valence-electron chi connectivity index (χ2n) is 4.13. The van der Waals surface area contributed by atoms with Crippen LogP contribution in [-0.2, 0) is 9.53 Å². The van der Waals surface area contributed by atoms with Gasteiger partial charge in [-0.2, -0.15) is 4.98 Å². The van der Waals surface area contributed by atoms with Crippen LogP contribution in [0.25, 0.3) is 0 Å². The fourth-order valence-electron chi connectivity index (χ4n) is 1.56. The molecule has 7 nitrogen and oxygen atoms in total. The molecule has 0 fully saturated rings. The third-order valence-electron chi connectivity index (χ3n) is 2.54. The molecule has 0 aliphatic carbocycles. The van der Waals surface area contributed by atoms with Gasteiger partial charge in [0.15, 0.2) is 5.69 Å². The Morgan fingerprint density at radius 2 is 2.26 bits per heavy atom. The molecule has 0 bridgehead atoms. The van der Waals surface area contributed by atoms with E-state index in [-0.39, 0.29) is 30.1 Å². The Morgan fingerprint density at radius 1 is 1.58 bits per heavy atom. The van der Waals surface area contributed by atoms with Crippen molar-refractivity contribution in [2.75, 3.05) is 32.1 Å². The lowest BCUT2D eigenvalue weighted by Gasteiger charge is -2.18. The minimum Gasteiger partial charge on any atom is -0.461 e. The van der Waals surface area contributed by atoms with Crippen molar-refractivity contribution in [2.24, 2.45) is 5.92 Å². The zero-order valence-electron chi connectivity index (χ0n) is 11.6. The molecule has 1 rings (SSSR count). The van der Waals surface area contributed by atoms with Crippen LogP contribution in [0, 0.1) is 5.92 Å². The molecule has 0 aromatic carbocycles. The third kappa shape index (κ3) is 3.97. The zero-order chi connectivity index (χ0) is 14.4. The number of hydrogen-bond acceptors (Lipinski definition) is 6. The Morgan fingerprint density at radius 3 is 2.84 bits per heavy atom. The van der Waals surface area contributed by atoms with E-state index in [0.29, 0.717) is 6.54 Å². The van der Waals surface area contributed by atoms with Crippen LogP contribution in [0.15, 0.2) is 10.7 Å². The molecule has 7 heteroatoms. The van der Waals surface area contributed by atoms with Crippen LogP contribution >= 0.6 is 0 Å². The van der Waals surface area contributed by atoms with Gasteiger partial charge in [-0.25, -0.2) is 4.79 Å². The second-order valence-corrected chi connectivity index (χ2v) is 4.13. The number of hydrogen-bond donors (Lipinski definition) is 1. The van der Waals surface area contributed by atoms with Crippen LogP contribution < -0.4 is 10.2 Å². The van der Waals surface area contributed by atoms with Gasteiger partial charge in [-0.05, 0) is 6.92 Å². The van der Waals surface area contributed by atoms with Crippen molar-refractivity contribution in [1.82, 2.24) is 10.3 Å². The van der Waals surface area contributed by atoms with Gasteiger partial charge in [0, 0.05) is 20.6 Å². The van der Waals surface area contributed by atoms with Gasteiger partial charge in [0.2, 0.25) is 5.91 Å². The molecule has 1 heterocycles. The van der Waals surface area contributed by atoms with Crippen molar-refractivity contribution in [3.8, 4) is 0 Å². The Hall–Kier alpha value is -2.05. The van der Waals surface area contributed by atoms with Crippen molar-refractivity contribution in [3.63, 3.8) is 0 Å². The molecule has 0 aliphatic rings. The summed E-state index contributed by atoms with van der Waals surface area (Å²) < 4.78 is 10.0. The largest absolute Gasteiger partial charge is 0.461 e. The van der Waals surface area contributed by atoms with Gasteiger partial charge in [0.05, 0.1) is 12.5 Å². The number of amides is 1. The van der Waals surface area contributed by atoms with Gasteiger partial charge in [-0.15, -0.1) is 0 Å². The van der Waals surface area contributed by atoms with Crippen LogP contribution in [0.3, 0.4) is 0 Å². The van der Waals surface area contributed by atoms with E-state index in [1.54, 1.807) is 32.8 Å². The summed E-state index contributed by atoms with van der Waals surface area (Å²) in [6, 6.07) is 0.277. The van der Waals surface area contributed by atoms with E-state index >= 15 is 0 Å². The highest BCUT2D eigenvalue weighted by Crippen LogP contribution is 2.14. The molecule has 0 saturated heterocycles. The Bertz CT molecular complexity index is 444. The van der Waals surface area contributed by atoms with Crippen LogP contribution in [-0.4, -0.2) is 44.1 Å². The summed E-state index contributed by atoms with van der Waals surface area (Å²) in [6.45, 7) is 4.23. The standard InChI is InChI=1S/C12H19N3O4/c1-5-18-11(17)9-7-19-12(14-9)15(4)6-8(2)10(16)13-3/h7-8H,5-6H2,1-4H3,(H,13,16). The predicted octanol–water partition coefficient (Wildman–Crippen LogP) is 0.670. The van der Waals surface area contributed by atoms with Crippen molar-refractivity contribution in [3.05, 3.63) is 12.0 Å². The minimum absolute atomic E-state index is 0.0657. The second kappa shape index (κ2) is 6.77. The lowest BCUT2D eigenvalue weighted by molar-refractivity contribution is -0.123. The average molecular weight is 269 g/mol. The summed E-state index contributed by atoms with van der Waals surface area (Å²) in [7, 11) is 3.32. The summed E-state index contributed by atoms with van der Waals surface area (Å²) in [4.78, 5) is 28.5. The topological polar surface area (TPSA) is 84.7 Å². The number of carbonyl (C=O) groups excluding carboxylic acids is 2. The first kappa shape index (κ1) is 15.0. The normalized spacial score (nSPS) is 11.8. The highest BCUT2D eigenvalue weighted by molar-refractivity contribution is 5.87. The molecule has 1 amide bonds. The number of esters is 1. The lowest BCUT2D eigenvalue weighted by Crippen LogP contribution is -2.34. The van der Waals surface area contributed by atoms with Gasteiger partial charge >= 0.3 is 5.97 Å². The number of anilines is 1. The van der Waals surface area contributed by atoms with Crippen molar-refractivity contribution >= 4 is 17.9 Å². The first-order chi connectivity index (χ1) is 8.99. The summed E-state index contributed by atoms with van der Waals surface area (Å²) in [5.41, 5.74) is 0.122. The molecule has 1 N–H and O–H groups in total. The summed E-state index contributed by atoms with van der Waals surface area (Å²) >= 11 is 0. The van der Waals surface area contributed by atoms with Gasteiger partial charge in [-0.3, -0.25) is 4.79 Å². The fraction of sp³-hybridized carbons (Fsp3) is 0.583. The predicted molar refractivity (Wildman–Crippen MR) is 69.0 cm³/mol. The van der Waals surface area contributed by atoms with E-state index in [4.69, 9.17) is 9.15 Å². The Kier molecular flexibility index (Phi) is 5.35. The number of carbonyl (C=O) groups is 2. The van der Waals surface area contributed by atoms with E-state index < -0.39 is 5.97 Å². The van der Waals surface area contributed by atoms with Gasteiger partial charge in [0.25, 0.3) is 6.01 Å². The van der Waals surface area contributed by atoms with Crippen LogP contribution in [0.5, 0.6) is 0 Å². The minimum atomic E-state index is -0.523. The van der Waals surface area contributed by atoms with Crippen molar-refractivity contribution in [1.29, 1.82) is 0 Å². The zero-order valence-corrected chi connectivity index (χ0v) is 11.6. The van der Waals surface area contributed by atoms with Crippen molar-refractivity contribution < 1.29 is 18.7 Å². The number of ether oxygens (including phenoxy) is 1. The molecular formula is C12H19N3O4. The number of nitrogens with one attached hydrogen (secondary N) is 1. The molecule has 0 spiro atoms. The Labute approximate surface area is 111 Å². The SMILES string of the molecule is CCOC(=O)c1coc(N(C)CC(C)C(=O)NC)n1. The number of oxazole rings is 1.